The topological polar surface area (TPSA) is 135 Å². The Balaban J connectivity index is 2.16. The third-order valence-electron chi connectivity index (χ3n) is 13.3. The Hall–Kier alpha value is -1.33. The van der Waals surface area contributed by atoms with Gasteiger partial charge in [0.15, 0.2) is 6.29 Å². The molecule has 0 aromatic carbocycles. The Kier molecular flexibility index (Phi) is 46.2. The van der Waals surface area contributed by atoms with Gasteiger partial charge in [-0.15, -0.1) is 0 Å². The monoisotopic (exact) mass is 937 g/mol. The van der Waals surface area contributed by atoms with E-state index in [9.17, 15) is 25.2 Å². The third kappa shape index (κ3) is 38.5. The Morgan fingerprint density at radius 2 is 0.833 bits per heavy atom. The molecule has 0 aromatic rings. The van der Waals surface area contributed by atoms with E-state index in [1.165, 1.54) is 218 Å². The zero-order chi connectivity index (χ0) is 47.8. The van der Waals surface area contributed by atoms with Gasteiger partial charge in [0.05, 0.1) is 19.8 Å². The molecule has 4 N–H and O–H groups in total. The van der Waals surface area contributed by atoms with Gasteiger partial charge in [-0.2, -0.15) is 0 Å². The summed E-state index contributed by atoms with van der Waals surface area (Å²) in [5, 5.41) is 40.3. The molecule has 1 rings (SSSR count). The number of esters is 1. The molecule has 1 fully saturated rings. The van der Waals surface area contributed by atoms with Gasteiger partial charge in [0.25, 0.3) is 0 Å². The van der Waals surface area contributed by atoms with Crippen molar-refractivity contribution >= 4 is 5.97 Å². The Labute approximate surface area is 407 Å². The molecule has 0 amide bonds. The van der Waals surface area contributed by atoms with Crippen molar-refractivity contribution < 1.29 is 44.2 Å². The van der Waals surface area contributed by atoms with Gasteiger partial charge in [0, 0.05) is 13.0 Å². The molecule has 6 atom stereocenters. The van der Waals surface area contributed by atoms with Crippen LogP contribution in [0.1, 0.15) is 271 Å². The number of aliphatic hydroxyl groups excluding tert-OH is 4. The highest BCUT2D eigenvalue weighted by molar-refractivity contribution is 5.69. The lowest BCUT2D eigenvalue weighted by Gasteiger charge is -2.39. The number of hydrogen-bond donors (Lipinski definition) is 4. The van der Waals surface area contributed by atoms with Crippen LogP contribution in [-0.4, -0.2) is 89.6 Å². The van der Waals surface area contributed by atoms with E-state index in [0.717, 1.165) is 32.1 Å². The molecule has 0 radical (unpaired) electrons. The molecule has 390 valence electrons. The average molecular weight is 937 g/mol. The van der Waals surface area contributed by atoms with Crippen LogP contribution in [0.25, 0.3) is 0 Å². The minimum Gasteiger partial charge on any atom is -0.457 e. The third-order valence-corrected chi connectivity index (χ3v) is 13.3. The molecule has 66 heavy (non-hydrogen) atoms. The molecule has 0 bridgehead atoms. The lowest BCUT2D eigenvalue weighted by molar-refractivity contribution is -0.305. The summed E-state index contributed by atoms with van der Waals surface area (Å²) in [7, 11) is 0. The van der Waals surface area contributed by atoms with Gasteiger partial charge in [-0.05, 0) is 64.2 Å². The quantitative estimate of drug-likeness (QED) is 0.0267. The predicted molar refractivity (Wildman–Crippen MR) is 275 cm³/mol. The molecule has 0 aliphatic carbocycles. The van der Waals surface area contributed by atoms with Crippen molar-refractivity contribution in [2.75, 3.05) is 26.4 Å². The van der Waals surface area contributed by atoms with Crippen molar-refractivity contribution in [1.82, 2.24) is 0 Å². The molecule has 6 unspecified atom stereocenters. The van der Waals surface area contributed by atoms with Crippen LogP contribution >= 0.6 is 0 Å². The summed E-state index contributed by atoms with van der Waals surface area (Å²) < 4.78 is 23.0. The second-order valence-electron chi connectivity index (χ2n) is 19.7. The van der Waals surface area contributed by atoms with Crippen molar-refractivity contribution in [2.24, 2.45) is 0 Å². The highest BCUT2D eigenvalue weighted by Crippen LogP contribution is 2.23. The van der Waals surface area contributed by atoms with E-state index < -0.39 is 43.4 Å². The summed E-state index contributed by atoms with van der Waals surface area (Å²) in [6.45, 7) is 4.61. The average Bonchev–Trinajstić information content (AvgIpc) is 3.32. The maximum absolute atomic E-state index is 12.9. The van der Waals surface area contributed by atoms with Crippen LogP contribution in [0.4, 0.5) is 0 Å². The number of carbonyl (C=O) groups excluding carboxylic acids is 1. The van der Waals surface area contributed by atoms with Crippen molar-refractivity contribution in [3.8, 4) is 0 Å². The van der Waals surface area contributed by atoms with Crippen molar-refractivity contribution in [3.63, 3.8) is 0 Å². The largest absolute Gasteiger partial charge is 0.457 e. The van der Waals surface area contributed by atoms with Gasteiger partial charge in [0.1, 0.15) is 30.5 Å². The van der Waals surface area contributed by atoms with E-state index in [-0.39, 0.29) is 19.2 Å². The normalized spacial score (nSPS) is 19.4. The van der Waals surface area contributed by atoms with E-state index in [2.05, 4.69) is 38.2 Å². The lowest BCUT2D eigenvalue weighted by atomic mass is 9.99. The minimum absolute atomic E-state index is 0.111. The molecule has 1 heterocycles. The molecule has 1 saturated heterocycles. The van der Waals surface area contributed by atoms with Crippen LogP contribution in [-0.2, 0) is 23.7 Å². The summed E-state index contributed by atoms with van der Waals surface area (Å²) in [6.07, 6.45) is 52.2. The van der Waals surface area contributed by atoms with Crippen LogP contribution in [0, 0.1) is 0 Å². The van der Waals surface area contributed by atoms with E-state index in [4.69, 9.17) is 18.9 Å². The van der Waals surface area contributed by atoms with Gasteiger partial charge in [-0.1, -0.05) is 224 Å². The maximum atomic E-state index is 12.9. The molecular weight excluding hydrogens is 829 g/mol. The Morgan fingerprint density at radius 3 is 1.23 bits per heavy atom. The Bertz CT molecular complexity index is 1070. The smallest absolute Gasteiger partial charge is 0.306 e. The molecular formula is C57H108O9. The molecule has 9 heteroatoms. The fraction of sp³-hybridized carbons (Fsp3) is 0.912. The molecule has 1 aliphatic heterocycles. The first kappa shape index (κ1) is 62.7. The maximum Gasteiger partial charge on any atom is 0.306 e. The summed E-state index contributed by atoms with van der Waals surface area (Å²) >= 11 is 0. The van der Waals surface area contributed by atoms with Crippen molar-refractivity contribution in [2.45, 2.75) is 307 Å². The predicted octanol–water partition coefficient (Wildman–Crippen LogP) is 14.5. The van der Waals surface area contributed by atoms with Gasteiger partial charge < -0.3 is 39.4 Å². The fourth-order valence-corrected chi connectivity index (χ4v) is 8.90. The zero-order valence-electron chi connectivity index (χ0n) is 43.2. The van der Waals surface area contributed by atoms with Crippen LogP contribution in [0.3, 0.4) is 0 Å². The summed E-state index contributed by atoms with van der Waals surface area (Å²) in [5.41, 5.74) is 0. The van der Waals surface area contributed by atoms with Crippen LogP contribution in [0.15, 0.2) is 24.3 Å². The van der Waals surface area contributed by atoms with Gasteiger partial charge >= 0.3 is 5.97 Å². The molecule has 1 aliphatic rings. The number of ether oxygens (including phenoxy) is 4. The minimum atomic E-state index is -1.54. The van der Waals surface area contributed by atoms with Gasteiger partial charge in [-0.3, -0.25) is 4.79 Å². The first-order valence-electron chi connectivity index (χ1n) is 28.4. The number of unbranched alkanes of at least 4 members (excludes halogenated alkanes) is 35. The zero-order valence-corrected chi connectivity index (χ0v) is 43.2. The van der Waals surface area contributed by atoms with Crippen LogP contribution < -0.4 is 0 Å². The summed E-state index contributed by atoms with van der Waals surface area (Å²) in [5.74, 6) is -0.311. The van der Waals surface area contributed by atoms with Crippen molar-refractivity contribution in [3.05, 3.63) is 24.3 Å². The van der Waals surface area contributed by atoms with E-state index in [1.807, 2.05) is 0 Å². The fourth-order valence-electron chi connectivity index (χ4n) is 8.90. The SMILES string of the molecule is CCCCCCCCCC/C=C\CCCCCCCCCCCCOCC(COC1OC(CO)C(O)C(O)C1O)OC(=O)CCCCCCCCCCC/C=C\CCCCCCCCCC. The van der Waals surface area contributed by atoms with Crippen LogP contribution in [0.5, 0.6) is 0 Å². The number of aliphatic hydroxyl groups is 4. The highest BCUT2D eigenvalue weighted by Gasteiger charge is 2.44. The standard InChI is InChI=1S/C57H108O9/c1-3-5-7-9-11-13-15-17-19-21-23-25-27-29-31-33-35-37-39-41-43-45-47-63-49-51(50-64-57-56(62)55(61)54(60)52(48-58)66-57)65-53(59)46-44-42-40-38-36-34-32-30-28-26-24-22-20-18-16-14-12-10-8-6-4-2/h21-24,51-52,54-58,60-62H,3-20,25-50H2,1-2H3/b23-21-,24-22-. The number of allylic oxidation sites excluding steroid dienone is 4. The first-order chi connectivity index (χ1) is 32.4. The molecule has 0 aromatic heterocycles. The van der Waals surface area contributed by atoms with Crippen LogP contribution in [0.2, 0.25) is 0 Å². The van der Waals surface area contributed by atoms with E-state index in [0.29, 0.717) is 13.0 Å². The second kappa shape index (κ2) is 48.7. The summed E-state index contributed by atoms with van der Waals surface area (Å²) in [6, 6.07) is 0. The van der Waals surface area contributed by atoms with Gasteiger partial charge in [0.2, 0.25) is 0 Å². The lowest BCUT2D eigenvalue weighted by Crippen LogP contribution is -2.59. The number of hydrogen-bond acceptors (Lipinski definition) is 9. The van der Waals surface area contributed by atoms with E-state index >= 15 is 0 Å². The molecule has 0 saturated carbocycles. The molecule has 0 spiro atoms. The second-order valence-corrected chi connectivity index (χ2v) is 19.7. The van der Waals surface area contributed by atoms with E-state index in [1.54, 1.807) is 0 Å². The number of carbonyl (C=O) groups is 1. The van der Waals surface area contributed by atoms with Gasteiger partial charge in [-0.25, -0.2) is 0 Å². The van der Waals surface area contributed by atoms with Crippen molar-refractivity contribution in [1.29, 1.82) is 0 Å². The number of rotatable bonds is 50. The first-order valence-corrected chi connectivity index (χ1v) is 28.4. The molecule has 9 nitrogen and oxygen atoms in total. The highest BCUT2D eigenvalue weighted by atomic mass is 16.7. The Morgan fingerprint density at radius 1 is 0.470 bits per heavy atom. The summed E-state index contributed by atoms with van der Waals surface area (Å²) in [4.78, 5) is 12.9.